The summed E-state index contributed by atoms with van der Waals surface area (Å²) in [4.78, 5) is 8.70. The van der Waals surface area contributed by atoms with Crippen molar-refractivity contribution in [2.24, 2.45) is 10.9 Å². The zero-order chi connectivity index (χ0) is 18.3. The molecule has 0 saturated heterocycles. The van der Waals surface area contributed by atoms with E-state index in [1.807, 2.05) is 20.8 Å². The van der Waals surface area contributed by atoms with Crippen molar-refractivity contribution in [3.05, 3.63) is 40.2 Å². The van der Waals surface area contributed by atoms with Gasteiger partial charge in [0.1, 0.15) is 29.3 Å². The summed E-state index contributed by atoms with van der Waals surface area (Å²) < 4.78 is 43.5. The number of anilines is 1. The van der Waals surface area contributed by atoms with Crippen LogP contribution in [0.15, 0.2) is 17.1 Å². The summed E-state index contributed by atoms with van der Waals surface area (Å²) in [6, 6.07) is 1.06. The van der Waals surface area contributed by atoms with Gasteiger partial charge in [-0.3, -0.25) is 4.99 Å². The van der Waals surface area contributed by atoms with Crippen LogP contribution in [-0.4, -0.2) is 22.4 Å². The third-order valence-electron chi connectivity index (χ3n) is 4.09. The Bertz CT molecular complexity index is 871. The quantitative estimate of drug-likeness (QED) is 0.812. The lowest BCUT2D eigenvalue weighted by molar-refractivity contribution is 0.514. The smallest absolute Gasteiger partial charge is 0.226 e. The topological polar surface area (TPSA) is 54.2 Å². The molecule has 2 aromatic rings. The number of fused-ring (bicyclic) bond motifs is 1. The Morgan fingerprint density at radius 3 is 2.40 bits per heavy atom. The SMILES string of the molecule is CC(C)C(C)N=c1c(-c2c(F)cc(F)cc2F)c(Cl)nc2n1NCN2. The normalized spacial score (nSPS) is 15.1. The van der Waals surface area contributed by atoms with Crippen LogP contribution in [0.2, 0.25) is 5.15 Å². The molecule has 134 valence electrons. The number of aromatic nitrogens is 2. The Balaban J connectivity index is 2.39. The molecule has 1 atom stereocenters. The van der Waals surface area contributed by atoms with Gasteiger partial charge in [-0.25, -0.2) is 22.8 Å². The number of nitrogens with one attached hydrogen (secondary N) is 2. The second kappa shape index (κ2) is 6.59. The second-order valence-corrected chi connectivity index (χ2v) is 6.49. The number of hydrogen-bond acceptors (Lipinski definition) is 4. The van der Waals surface area contributed by atoms with Crippen LogP contribution in [-0.2, 0) is 0 Å². The van der Waals surface area contributed by atoms with E-state index in [1.54, 1.807) is 0 Å². The van der Waals surface area contributed by atoms with Crippen LogP contribution in [0.5, 0.6) is 0 Å². The van der Waals surface area contributed by atoms with Gasteiger partial charge < -0.3 is 10.7 Å². The van der Waals surface area contributed by atoms with Crippen molar-refractivity contribution < 1.29 is 13.2 Å². The van der Waals surface area contributed by atoms with Gasteiger partial charge in [-0.2, -0.15) is 0 Å². The van der Waals surface area contributed by atoms with E-state index in [9.17, 15) is 13.2 Å². The maximum Gasteiger partial charge on any atom is 0.226 e. The van der Waals surface area contributed by atoms with Crippen LogP contribution in [0.25, 0.3) is 11.1 Å². The van der Waals surface area contributed by atoms with Crippen molar-refractivity contribution in [3.8, 4) is 11.1 Å². The van der Waals surface area contributed by atoms with Crippen molar-refractivity contribution in [2.45, 2.75) is 26.8 Å². The molecule has 0 saturated carbocycles. The van der Waals surface area contributed by atoms with Crippen molar-refractivity contribution in [3.63, 3.8) is 0 Å². The summed E-state index contributed by atoms with van der Waals surface area (Å²) in [5.74, 6) is -2.58. The molecule has 1 aromatic carbocycles. The highest BCUT2D eigenvalue weighted by atomic mass is 35.5. The highest BCUT2D eigenvalue weighted by Crippen LogP contribution is 2.30. The fourth-order valence-corrected chi connectivity index (χ4v) is 2.69. The number of hydrogen-bond donors (Lipinski definition) is 2. The summed E-state index contributed by atoms with van der Waals surface area (Å²) in [5, 5.41) is 2.83. The molecule has 5 nitrogen and oxygen atoms in total. The number of nitrogens with zero attached hydrogens (tertiary/aromatic N) is 3. The van der Waals surface area contributed by atoms with Gasteiger partial charge in [0.05, 0.1) is 17.2 Å². The lowest BCUT2D eigenvalue weighted by Gasteiger charge is -2.15. The zero-order valence-corrected chi connectivity index (χ0v) is 14.6. The molecule has 25 heavy (non-hydrogen) atoms. The van der Waals surface area contributed by atoms with E-state index in [0.717, 1.165) is 0 Å². The van der Waals surface area contributed by atoms with Crippen LogP contribution in [0.3, 0.4) is 0 Å². The first kappa shape index (κ1) is 17.6. The Morgan fingerprint density at radius 2 is 1.80 bits per heavy atom. The Kier molecular flexibility index (Phi) is 4.64. The van der Waals surface area contributed by atoms with Gasteiger partial charge in [0.2, 0.25) is 5.95 Å². The third-order valence-corrected chi connectivity index (χ3v) is 4.36. The van der Waals surface area contributed by atoms with Crippen LogP contribution < -0.4 is 16.2 Å². The molecule has 0 bridgehead atoms. The number of benzene rings is 1. The molecular formula is C16H17ClF3N5. The largest absolute Gasteiger partial charge is 0.336 e. The first-order valence-corrected chi connectivity index (χ1v) is 8.16. The summed E-state index contributed by atoms with van der Waals surface area (Å²) >= 11 is 6.22. The summed E-state index contributed by atoms with van der Waals surface area (Å²) in [6.45, 7) is 6.20. The molecule has 2 N–H and O–H groups in total. The van der Waals surface area contributed by atoms with E-state index in [1.165, 1.54) is 4.68 Å². The van der Waals surface area contributed by atoms with Gasteiger partial charge in [0.25, 0.3) is 0 Å². The first-order valence-electron chi connectivity index (χ1n) is 7.78. The molecule has 0 fully saturated rings. The monoisotopic (exact) mass is 371 g/mol. The molecule has 0 aliphatic carbocycles. The van der Waals surface area contributed by atoms with Gasteiger partial charge in [-0.05, 0) is 12.8 Å². The Hall–Kier alpha value is -2.22. The minimum absolute atomic E-state index is 0.0240. The average Bonchev–Trinajstić information content (AvgIpc) is 2.96. The minimum Gasteiger partial charge on any atom is -0.336 e. The van der Waals surface area contributed by atoms with E-state index in [2.05, 4.69) is 20.7 Å². The van der Waals surface area contributed by atoms with E-state index in [4.69, 9.17) is 11.6 Å². The highest BCUT2D eigenvalue weighted by Gasteiger charge is 2.24. The van der Waals surface area contributed by atoms with E-state index in [0.29, 0.717) is 24.7 Å². The fourth-order valence-electron chi connectivity index (χ4n) is 2.43. The third kappa shape index (κ3) is 3.18. The maximum atomic E-state index is 14.4. The number of rotatable bonds is 3. The maximum absolute atomic E-state index is 14.4. The van der Waals surface area contributed by atoms with Gasteiger partial charge in [0.15, 0.2) is 5.49 Å². The van der Waals surface area contributed by atoms with E-state index in [-0.39, 0.29) is 28.2 Å². The van der Waals surface area contributed by atoms with Crippen LogP contribution in [0, 0.1) is 23.4 Å². The Labute approximate surface area is 147 Å². The van der Waals surface area contributed by atoms with E-state index < -0.39 is 23.0 Å². The predicted octanol–water partition coefficient (Wildman–Crippen LogP) is 3.49. The average molecular weight is 372 g/mol. The molecule has 0 amide bonds. The molecule has 0 spiro atoms. The Morgan fingerprint density at radius 1 is 1.16 bits per heavy atom. The van der Waals surface area contributed by atoms with Gasteiger partial charge >= 0.3 is 0 Å². The molecule has 1 unspecified atom stereocenters. The summed E-state index contributed by atoms with van der Waals surface area (Å²) in [7, 11) is 0. The predicted molar refractivity (Wildman–Crippen MR) is 90.3 cm³/mol. The standard InChI is InChI=1S/C16H17ClF3N5/c1-7(2)8(3)23-15-13(12-10(19)4-9(18)5-11(12)20)14(17)24-16-21-6-22-25(15)16/h4-5,7-8,22H,6H2,1-3H3,(H,21,24). The molecule has 1 aliphatic rings. The van der Waals surface area contributed by atoms with Crippen molar-refractivity contribution in [1.82, 2.24) is 9.66 Å². The van der Waals surface area contributed by atoms with Gasteiger partial charge in [0, 0.05) is 12.1 Å². The van der Waals surface area contributed by atoms with Crippen molar-refractivity contribution in [2.75, 3.05) is 17.4 Å². The number of halogens is 4. The van der Waals surface area contributed by atoms with Crippen molar-refractivity contribution in [1.29, 1.82) is 0 Å². The molecular weight excluding hydrogens is 355 g/mol. The van der Waals surface area contributed by atoms with Gasteiger partial charge in [-0.1, -0.05) is 25.4 Å². The van der Waals surface area contributed by atoms with Crippen LogP contribution in [0.4, 0.5) is 19.1 Å². The lowest BCUT2D eigenvalue weighted by Crippen LogP contribution is -2.31. The molecule has 2 heterocycles. The molecule has 9 heteroatoms. The fraction of sp³-hybridized carbons (Fsp3) is 0.375. The summed E-state index contributed by atoms with van der Waals surface area (Å²) in [5.41, 5.74) is 2.72. The minimum atomic E-state index is -1.07. The van der Waals surface area contributed by atoms with Gasteiger partial charge in [-0.15, -0.1) is 0 Å². The second-order valence-electron chi connectivity index (χ2n) is 6.13. The molecule has 1 aromatic heterocycles. The molecule has 3 rings (SSSR count). The first-order chi connectivity index (χ1) is 11.8. The van der Waals surface area contributed by atoms with E-state index >= 15 is 0 Å². The highest BCUT2D eigenvalue weighted by molar-refractivity contribution is 6.32. The molecule has 1 aliphatic heterocycles. The zero-order valence-electron chi connectivity index (χ0n) is 13.9. The van der Waals surface area contributed by atoms with Crippen LogP contribution in [0.1, 0.15) is 20.8 Å². The van der Waals surface area contributed by atoms with Crippen LogP contribution >= 0.6 is 11.6 Å². The molecule has 0 radical (unpaired) electrons. The summed E-state index contributed by atoms with van der Waals surface area (Å²) in [6.07, 6.45) is 0. The lowest BCUT2D eigenvalue weighted by atomic mass is 10.1. The van der Waals surface area contributed by atoms with Crippen molar-refractivity contribution >= 4 is 17.5 Å².